The third-order valence-corrected chi connectivity index (χ3v) is 3.64. The van der Waals surface area contributed by atoms with Crippen LogP contribution in [0.4, 0.5) is 0 Å². The Morgan fingerprint density at radius 3 is 2.62 bits per heavy atom. The first kappa shape index (κ1) is 13.5. The van der Waals surface area contributed by atoms with Crippen LogP contribution in [0, 0.1) is 5.92 Å². The van der Waals surface area contributed by atoms with E-state index in [2.05, 4.69) is 0 Å². The Bertz CT molecular complexity index is 233. The third-order valence-electron chi connectivity index (χ3n) is 3.64. The monoisotopic (exact) mass is 228 g/mol. The second kappa shape index (κ2) is 6.21. The van der Waals surface area contributed by atoms with Gasteiger partial charge in [0, 0.05) is 6.54 Å². The molecule has 0 saturated heterocycles. The van der Waals surface area contributed by atoms with Gasteiger partial charge in [-0.1, -0.05) is 19.8 Å². The van der Waals surface area contributed by atoms with E-state index in [-0.39, 0.29) is 18.1 Å². The zero-order valence-electron chi connectivity index (χ0n) is 10.4. The molecule has 1 aliphatic rings. The number of carbonyl (C=O) groups excluding carboxylic acids is 1. The van der Waals surface area contributed by atoms with Crippen molar-refractivity contribution in [3.8, 4) is 0 Å². The highest BCUT2D eigenvalue weighted by atomic mass is 16.3. The number of likely N-dealkylation sites (N-methyl/N-ethyl adjacent to an activating group) is 1. The van der Waals surface area contributed by atoms with Crippen molar-refractivity contribution in [2.24, 2.45) is 11.7 Å². The van der Waals surface area contributed by atoms with Gasteiger partial charge in [-0.25, -0.2) is 0 Å². The van der Waals surface area contributed by atoms with E-state index in [0.29, 0.717) is 5.92 Å². The minimum Gasteiger partial charge on any atom is -0.393 e. The Hall–Kier alpha value is -0.610. The largest absolute Gasteiger partial charge is 0.393 e. The minimum atomic E-state index is -0.268. The molecule has 0 radical (unpaired) electrons. The number of hydrogen-bond acceptors (Lipinski definition) is 3. The second-order valence-electron chi connectivity index (χ2n) is 4.88. The van der Waals surface area contributed by atoms with Crippen molar-refractivity contribution < 1.29 is 9.90 Å². The van der Waals surface area contributed by atoms with E-state index < -0.39 is 0 Å². The Balaban J connectivity index is 2.48. The summed E-state index contributed by atoms with van der Waals surface area (Å²) in [4.78, 5) is 13.2. The van der Waals surface area contributed by atoms with Gasteiger partial charge >= 0.3 is 0 Å². The molecule has 0 spiro atoms. The van der Waals surface area contributed by atoms with Crippen molar-refractivity contribution >= 4 is 5.91 Å². The maximum absolute atomic E-state index is 11.2. The van der Waals surface area contributed by atoms with Crippen LogP contribution in [-0.2, 0) is 4.79 Å². The van der Waals surface area contributed by atoms with Gasteiger partial charge in [0.15, 0.2) is 0 Å². The summed E-state index contributed by atoms with van der Waals surface area (Å²) in [7, 11) is 1.92. The highest BCUT2D eigenvalue weighted by Crippen LogP contribution is 2.25. The van der Waals surface area contributed by atoms with Crippen LogP contribution < -0.4 is 5.73 Å². The second-order valence-corrected chi connectivity index (χ2v) is 4.88. The highest BCUT2D eigenvalue weighted by molar-refractivity contribution is 5.79. The molecule has 1 aliphatic carbocycles. The van der Waals surface area contributed by atoms with Gasteiger partial charge in [-0.15, -0.1) is 0 Å². The number of hydrogen-bond donors (Lipinski definition) is 2. The number of carbonyl (C=O) groups is 1. The fourth-order valence-corrected chi connectivity index (χ4v) is 2.63. The number of rotatable bonds is 5. The molecule has 0 heterocycles. The maximum atomic E-state index is 11.2. The lowest BCUT2D eigenvalue weighted by Crippen LogP contribution is -2.46. The third kappa shape index (κ3) is 3.46. The molecule has 1 saturated carbocycles. The number of aliphatic hydroxyl groups excluding tert-OH is 1. The molecule has 3 N–H and O–H groups in total. The van der Waals surface area contributed by atoms with Gasteiger partial charge in [0.1, 0.15) is 0 Å². The molecule has 4 nitrogen and oxygen atoms in total. The molecule has 0 unspecified atom stereocenters. The van der Waals surface area contributed by atoms with Gasteiger partial charge in [0.2, 0.25) is 5.91 Å². The number of nitrogens with zero attached hydrogens (tertiary/aromatic N) is 1. The summed E-state index contributed by atoms with van der Waals surface area (Å²) in [6.07, 6.45) is 4.78. The van der Waals surface area contributed by atoms with Gasteiger partial charge in [0.05, 0.1) is 12.1 Å². The summed E-state index contributed by atoms with van der Waals surface area (Å²) in [5, 5.41) is 9.87. The molecular formula is C12H24N2O2. The number of nitrogens with two attached hydrogens (primary N) is 1. The lowest BCUT2D eigenvalue weighted by molar-refractivity contribution is -0.123. The molecule has 16 heavy (non-hydrogen) atoms. The van der Waals surface area contributed by atoms with Crippen LogP contribution in [0.2, 0.25) is 0 Å². The maximum Gasteiger partial charge on any atom is 0.234 e. The van der Waals surface area contributed by atoms with Crippen molar-refractivity contribution in [3.63, 3.8) is 0 Å². The van der Waals surface area contributed by atoms with Crippen LogP contribution in [0.1, 0.15) is 39.0 Å². The van der Waals surface area contributed by atoms with Gasteiger partial charge in [0.25, 0.3) is 0 Å². The first-order chi connectivity index (χ1) is 7.56. The number of primary amides is 1. The first-order valence-corrected chi connectivity index (χ1v) is 6.23. The Morgan fingerprint density at radius 2 is 2.12 bits per heavy atom. The van der Waals surface area contributed by atoms with Crippen LogP contribution >= 0.6 is 0 Å². The van der Waals surface area contributed by atoms with Crippen LogP contribution in [0.3, 0.4) is 0 Å². The average Bonchev–Trinajstić information content (AvgIpc) is 2.22. The van der Waals surface area contributed by atoms with Gasteiger partial charge < -0.3 is 10.8 Å². The predicted octanol–water partition coefficient (Wildman–Crippen LogP) is 0.733. The first-order valence-electron chi connectivity index (χ1n) is 6.23. The predicted molar refractivity (Wildman–Crippen MR) is 63.9 cm³/mol. The quantitative estimate of drug-likeness (QED) is 0.729. The van der Waals surface area contributed by atoms with Crippen molar-refractivity contribution in [2.75, 3.05) is 13.6 Å². The topological polar surface area (TPSA) is 66.6 Å². The molecule has 0 bridgehead atoms. The molecule has 0 aromatic carbocycles. The fourth-order valence-electron chi connectivity index (χ4n) is 2.63. The van der Waals surface area contributed by atoms with Crippen LogP contribution in [0.15, 0.2) is 0 Å². The van der Waals surface area contributed by atoms with E-state index in [4.69, 9.17) is 5.73 Å². The molecule has 0 aliphatic heterocycles. The average molecular weight is 228 g/mol. The molecule has 0 aromatic rings. The van der Waals surface area contributed by atoms with Crippen molar-refractivity contribution in [3.05, 3.63) is 0 Å². The lowest BCUT2D eigenvalue weighted by Gasteiger charge is -2.33. The van der Waals surface area contributed by atoms with Crippen molar-refractivity contribution in [1.29, 1.82) is 0 Å². The van der Waals surface area contributed by atoms with E-state index in [1.807, 2.05) is 18.9 Å². The summed E-state index contributed by atoms with van der Waals surface area (Å²) >= 11 is 0. The SMILES string of the molecule is CC[C@H](C(N)=O)N(C)C[C@H]1CCCC[C@@H]1O. The molecular weight excluding hydrogens is 204 g/mol. The van der Waals surface area contributed by atoms with Crippen molar-refractivity contribution in [2.45, 2.75) is 51.2 Å². The number of aliphatic hydroxyl groups is 1. The van der Waals surface area contributed by atoms with Gasteiger partial charge in [-0.3, -0.25) is 9.69 Å². The smallest absolute Gasteiger partial charge is 0.234 e. The molecule has 94 valence electrons. The summed E-state index contributed by atoms with van der Waals surface area (Å²) in [6.45, 7) is 2.73. The van der Waals surface area contributed by atoms with Gasteiger partial charge in [-0.2, -0.15) is 0 Å². The standard InChI is InChI=1S/C12H24N2O2/c1-3-10(12(13)16)14(2)8-9-6-4-5-7-11(9)15/h9-11,15H,3-8H2,1-2H3,(H2,13,16)/t9-,10-,11+/m1/s1. The molecule has 0 aromatic heterocycles. The Labute approximate surface area is 97.8 Å². The zero-order chi connectivity index (χ0) is 12.1. The molecule has 1 amide bonds. The summed E-state index contributed by atoms with van der Waals surface area (Å²) in [6, 6.07) is -0.200. The van der Waals surface area contributed by atoms with Crippen LogP contribution in [0.25, 0.3) is 0 Å². The van der Waals surface area contributed by atoms with Crippen LogP contribution in [-0.4, -0.2) is 41.7 Å². The van der Waals surface area contributed by atoms with E-state index in [0.717, 1.165) is 32.2 Å². The Morgan fingerprint density at radius 1 is 1.50 bits per heavy atom. The van der Waals surface area contributed by atoms with Crippen LogP contribution in [0.5, 0.6) is 0 Å². The molecule has 1 rings (SSSR count). The van der Waals surface area contributed by atoms with Gasteiger partial charge in [-0.05, 0) is 32.2 Å². The summed E-state index contributed by atoms with van der Waals surface area (Å²) < 4.78 is 0. The van der Waals surface area contributed by atoms with E-state index in [9.17, 15) is 9.90 Å². The number of amides is 1. The van der Waals surface area contributed by atoms with E-state index in [1.54, 1.807) is 0 Å². The van der Waals surface area contributed by atoms with E-state index in [1.165, 1.54) is 6.42 Å². The summed E-state index contributed by atoms with van der Waals surface area (Å²) in [5.41, 5.74) is 5.34. The minimum absolute atomic E-state index is 0.200. The Kier molecular flexibility index (Phi) is 5.22. The highest BCUT2D eigenvalue weighted by Gasteiger charge is 2.27. The summed E-state index contributed by atoms with van der Waals surface area (Å²) in [5.74, 6) is 0.0300. The zero-order valence-corrected chi connectivity index (χ0v) is 10.4. The lowest BCUT2D eigenvalue weighted by atomic mass is 9.86. The fraction of sp³-hybridized carbons (Fsp3) is 0.917. The molecule has 3 atom stereocenters. The normalized spacial score (nSPS) is 28.0. The molecule has 1 fully saturated rings. The van der Waals surface area contributed by atoms with Crippen molar-refractivity contribution in [1.82, 2.24) is 4.90 Å². The molecule has 4 heteroatoms. The van der Waals surface area contributed by atoms with E-state index >= 15 is 0 Å².